The molecule has 0 atom stereocenters. The normalized spacial score (nSPS) is 13.6. The minimum Gasteiger partial charge on any atom is -0.0651 e. The van der Waals surface area contributed by atoms with E-state index in [1.807, 2.05) is 0 Å². The topological polar surface area (TPSA) is 0 Å². The molecule has 7 aromatic rings. The predicted molar refractivity (Wildman–Crippen MR) is 196 cm³/mol. The molecule has 0 heteroatoms. The summed E-state index contributed by atoms with van der Waals surface area (Å²) in [4.78, 5) is 0. The van der Waals surface area contributed by atoms with Crippen molar-refractivity contribution in [3.05, 3.63) is 166 Å². The monoisotopic (exact) mass is 590 g/mol. The van der Waals surface area contributed by atoms with E-state index in [-0.39, 0.29) is 5.41 Å². The highest BCUT2D eigenvalue weighted by atomic mass is 14.5. The first-order valence-corrected chi connectivity index (χ1v) is 17.1. The van der Waals surface area contributed by atoms with E-state index in [9.17, 15) is 0 Å². The van der Waals surface area contributed by atoms with Crippen LogP contribution in [0.3, 0.4) is 0 Å². The molecule has 0 radical (unpaired) electrons. The molecule has 0 bridgehead atoms. The summed E-state index contributed by atoms with van der Waals surface area (Å²) in [5.74, 6) is 0. The van der Waals surface area contributed by atoms with Crippen LogP contribution in [0.4, 0.5) is 0 Å². The quantitative estimate of drug-likeness (QED) is 0.175. The Hall–Kier alpha value is -4.94. The third-order valence-corrected chi connectivity index (χ3v) is 11.0. The zero-order valence-electron chi connectivity index (χ0n) is 27.0. The summed E-state index contributed by atoms with van der Waals surface area (Å²) in [7, 11) is 0. The lowest BCUT2D eigenvalue weighted by Gasteiger charge is -2.34. The van der Waals surface area contributed by atoms with Crippen LogP contribution in [0.1, 0.15) is 66.1 Å². The van der Waals surface area contributed by atoms with Crippen LogP contribution in [0.25, 0.3) is 54.9 Å². The van der Waals surface area contributed by atoms with Crippen LogP contribution in [0, 0.1) is 0 Å². The first-order valence-electron chi connectivity index (χ1n) is 17.1. The first-order chi connectivity index (χ1) is 22.7. The van der Waals surface area contributed by atoms with Gasteiger partial charge in [0.05, 0.1) is 5.41 Å². The number of benzene rings is 7. The van der Waals surface area contributed by atoms with Crippen molar-refractivity contribution >= 4 is 21.5 Å². The highest BCUT2D eigenvalue weighted by Gasteiger charge is 2.53. The molecule has 2 aliphatic carbocycles. The Morgan fingerprint density at radius 3 is 1.59 bits per heavy atom. The summed E-state index contributed by atoms with van der Waals surface area (Å²) in [6.45, 7) is 7.11. The highest BCUT2D eigenvalue weighted by Crippen LogP contribution is 2.66. The zero-order valence-corrected chi connectivity index (χ0v) is 27.0. The average Bonchev–Trinajstić information content (AvgIpc) is 3.59. The molecule has 9 rings (SSSR count). The van der Waals surface area contributed by atoms with Crippen LogP contribution in [0.5, 0.6) is 0 Å². The molecule has 0 fully saturated rings. The Bertz CT molecular complexity index is 2300. The lowest BCUT2D eigenvalue weighted by Crippen LogP contribution is -2.28. The second kappa shape index (κ2) is 10.3. The molecule has 0 heterocycles. The molecular formula is C46H38. The molecule has 0 amide bonds. The molecule has 0 saturated heterocycles. The van der Waals surface area contributed by atoms with Gasteiger partial charge in [-0.15, -0.1) is 0 Å². The maximum absolute atomic E-state index is 2.50. The minimum absolute atomic E-state index is 0.346. The van der Waals surface area contributed by atoms with Gasteiger partial charge in [0.2, 0.25) is 0 Å². The second-order valence-corrected chi connectivity index (χ2v) is 13.1. The Morgan fingerprint density at radius 2 is 0.957 bits per heavy atom. The van der Waals surface area contributed by atoms with Gasteiger partial charge in [0.15, 0.2) is 0 Å². The first kappa shape index (κ1) is 27.4. The van der Waals surface area contributed by atoms with Crippen molar-refractivity contribution in [1.82, 2.24) is 0 Å². The van der Waals surface area contributed by atoms with Gasteiger partial charge in [-0.3, -0.25) is 0 Å². The molecule has 7 aromatic carbocycles. The van der Waals surface area contributed by atoms with Gasteiger partial charge < -0.3 is 0 Å². The summed E-state index contributed by atoms with van der Waals surface area (Å²) in [6, 6.07) is 48.4. The maximum atomic E-state index is 2.50. The smallest absolute Gasteiger partial charge is 0.0651 e. The van der Waals surface area contributed by atoms with Gasteiger partial charge in [-0.1, -0.05) is 149 Å². The van der Waals surface area contributed by atoms with Gasteiger partial charge in [0.25, 0.3) is 0 Å². The molecule has 46 heavy (non-hydrogen) atoms. The fourth-order valence-electron chi connectivity index (χ4n) is 9.45. The molecular weight excluding hydrogens is 553 g/mol. The third-order valence-electron chi connectivity index (χ3n) is 11.0. The standard InChI is InChI=1S/C46H38/c1-4-17-37-30(5-2)31(6-3)43(39-28-29-18-7-8-19-32(29)33-20-9-10-21-34(33)39)44-38-24-13-16-27-42(38)46(45(37)44)40-25-14-11-22-35(40)36-23-12-15-26-41(36)46/h7-16,18-28H,4-6,17H2,1-3H3. The largest absolute Gasteiger partial charge is 0.0728 e. The molecule has 0 unspecified atom stereocenters. The van der Waals surface area contributed by atoms with Crippen LogP contribution in [0.15, 0.2) is 127 Å². The summed E-state index contributed by atoms with van der Waals surface area (Å²) < 4.78 is 0. The van der Waals surface area contributed by atoms with Crippen LogP contribution in [0.2, 0.25) is 0 Å². The summed E-state index contributed by atoms with van der Waals surface area (Å²) in [6.07, 6.45) is 4.24. The summed E-state index contributed by atoms with van der Waals surface area (Å²) in [5, 5.41) is 5.30. The van der Waals surface area contributed by atoms with Crippen LogP contribution < -0.4 is 0 Å². The number of hydrogen-bond acceptors (Lipinski definition) is 0. The SMILES string of the molecule is CCCc1c(CC)c(CC)c(-c2cc3ccccc3c3ccccc23)c2c1C1(c3ccccc3-c3ccccc31)c1ccccc1-2. The van der Waals surface area contributed by atoms with E-state index in [0.29, 0.717) is 0 Å². The van der Waals surface area contributed by atoms with Crippen LogP contribution in [-0.2, 0) is 24.7 Å². The summed E-state index contributed by atoms with van der Waals surface area (Å²) >= 11 is 0. The van der Waals surface area contributed by atoms with E-state index >= 15 is 0 Å². The van der Waals surface area contributed by atoms with E-state index in [0.717, 1.165) is 25.7 Å². The molecule has 222 valence electrons. The van der Waals surface area contributed by atoms with Crippen molar-refractivity contribution in [3.63, 3.8) is 0 Å². The van der Waals surface area contributed by atoms with Gasteiger partial charge >= 0.3 is 0 Å². The number of rotatable bonds is 5. The third kappa shape index (κ3) is 3.40. The van der Waals surface area contributed by atoms with E-state index in [1.165, 1.54) is 82.7 Å². The Kier molecular flexibility index (Phi) is 6.13. The number of hydrogen-bond donors (Lipinski definition) is 0. The van der Waals surface area contributed by atoms with Crippen LogP contribution in [-0.4, -0.2) is 0 Å². The van der Waals surface area contributed by atoms with Gasteiger partial charge in [-0.05, 0) is 119 Å². The Labute approximate surface area is 272 Å². The maximum Gasteiger partial charge on any atom is 0.0728 e. The lowest BCUT2D eigenvalue weighted by atomic mass is 9.67. The highest BCUT2D eigenvalue weighted by molar-refractivity contribution is 6.16. The van der Waals surface area contributed by atoms with E-state index in [2.05, 4.69) is 148 Å². The fourth-order valence-corrected chi connectivity index (χ4v) is 9.45. The lowest BCUT2D eigenvalue weighted by molar-refractivity contribution is 0.759. The second-order valence-electron chi connectivity index (χ2n) is 13.1. The molecule has 0 N–H and O–H groups in total. The Balaban J connectivity index is 1.56. The molecule has 0 aromatic heterocycles. The predicted octanol–water partition coefficient (Wildman–Crippen LogP) is 12.1. The van der Waals surface area contributed by atoms with Gasteiger partial charge in [-0.2, -0.15) is 0 Å². The molecule has 0 nitrogen and oxygen atoms in total. The van der Waals surface area contributed by atoms with Gasteiger partial charge in [0.1, 0.15) is 0 Å². The van der Waals surface area contributed by atoms with Crippen molar-refractivity contribution in [3.8, 4) is 33.4 Å². The minimum atomic E-state index is -0.346. The average molecular weight is 591 g/mol. The zero-order chi connectivity index (χ0) is 31.0. The fraction of sp³-hybridized carbons (Fsp3) is 0.174. The van der Waals surface area contributed by atoms with E-state index < -0.39 is 0 Å². The molecule has 0 aliphatic heterocycles. The van der Waals surface area contributed by atoms with Crippen molar-refractivity contribution in [2.75, 3.05) is 0 Å². The molecule has 2 aliphatic rings. The van der Waals surface area contributed by atoms with Gasteiger partial charge in [0, 0.05) is 0 Å². The number of fused-ring (bicyclic) bond motifs is 13. The van der Waals surface area contributed by atoms with E-state index in [1.54, 1.807) is 11.1 Å². The Morgan fingerprint density at radius 1 is 0.435 bits per heavy atom. The van der Waals surface area contributed by atoms with Crippen LogP contribution >= 0.6 is 0 Å². The van der Waals surface area contributed by atoms with Crippen molar-refractivity contribution in [2.24, 2.45) is 0 Å². The van der Waals surface area contributed by atoms with E-state index in [4.69, 9.17) is 0 Å². The van der Waals surface area contributed by atoms with Crippen molar-refractivity contribution in [2.45, 2.75) is 51.9 Å². The van der Waals surface area contributed by atoms with Gasteiger partial charge in [-0.25, -0.2) is 0 Å². The molecule has 1 spiro atoms. The van der Waals surface area contributed by atoms with Crippen molar-refractivity contribution in [1.29, 1.82) is 0 Å². The summed E-state index contributed by atoms with van der Waals surface area (Å²) in [5.41, 5.74) is 18.6. The van der Waals surface area contributed by atoms with Crippen molar-refractivity contribution < 1.29 is 0 Å². The molecule has 0 saturated carbocycles.